The molecule has 0 radical (unpaired) electrons. The van der Waals surface area contributed by atoms with E-state index in [1.807, 2.05) is 18.2 Å². The number of hydrogen-bond acceptors (Lipinski definition) is 2. The first kappa shape index (κ1) is 14.8. The second-order valence-electron chi connectivity index (χ2n) is 4.16. The zero-order valence-electron chi connectivity index (χ0n) is 10.4. The molecule has 96 valence electrons. The van der Waals surface area contributed by atoms with Crippen LogP contribution in [0.4, 0.5) is 0 Å². The van der Waals surface area contributed by atoms with Crippen molar-refractivity contribution in [2.45, 2.75) is 26.3 Å². The molecule has 0 saturated heterocycles. The highest BCUT2D eigenvalue weighted by Gasteiger charge is 2.02. The standard InChI is InChI=1S/C13H20Cl2N2/c1-3-16-9-10(2)17-7-6-11-4-5-12(14)13(15)8-11/h4-5,8,10,16-17H,3,6-7,9H2,1-2H3. The molecule has 0 bridgehead atoms. The Hall–Kier alpha value is -0.280. The van der Waals surface area contributed by atoms with Gasteiger partial charge in [-0.05, 0) is 44.1 Å². The molecule has 0 aromatic heterocycles. The molecule has 1 aromatic carbocycles. The Morgan fingerprint density at radius 3 is 2.65 bits per heavy atom. The molecule has 0 spiro atoms. The molecule has 1 unspecified atom stereocenters. The third-order valence-electron chi connectivity index (χ3n) is 2.59. The molecule has 0 amide bonds. The van der Waals surface area contributed by atoms with Gasteiger partial charge in [-0.15, -0.1) is 0 Å². The van der Waals surface area contributed by atoms with E-state index in [2.05, 4.69) is 24.5 Å². The number of likely N-dealkylation sites (N-methyl/N-ethyl adjacent to an activating group) is 1. The Morgan fingerprint density at radius 2 is 2.00 bits per heavy atom. The van der Waals surface area contributed by atoms with Gasteiger partial charge >= 0.3 is 0 Å². The van der Waals surface area contributed by atoms with E-state index >= 15 is 0 Å². The fraction of sp³-hybridized carbons (Fsp3) is 0.538. The van der Waals surface area contributed by atoms with Crippen molar-refractivity contribution in [2.24, 2.45) is 0 Å². The minimum absolute atomic E-state index is 0.484. The Balaban J connectivity index is 2.28. The van der Waals surface area contributed by atoms with Crippen LogP contribution in [0.5, 0.6) is 0 Å². The molecule has 0 fully saturated rings. The summed E-state index contributed by atoms with van der Waals surface area (Å²) in [5.74, 6) is 0. The first-order valence-electron chi connectivity index (χ1n) is 6.01. The van der Waals surface area contributed by atoms with Crippen LogP contribution in [0.25, 0.3) is 0 Å². The average Bonchev–Trinajstić information content (AvgIpc) is 2.31. The number of halogens is 2. The van der Waals surface area contributed by atoms with Gasteiger partial charge in [-0.2, -0.15) is 0 Å². The smallest absolute Gasteiger partial charge is 0.0595 e. The zero-order chi connectivity index (χ0) is 12.7. The molecule has 2 nitrogen and oxygen atoms in total. The molecule has 1 rings (SSSR count). The summed E-state index contributed by atoms with van der Waals surface area (Å²) in [4.78, 5) is 0. The molecular weight excluding hydrogens is 255 g/mol. The van der Waals surface area contributed by atoms with Crippen LogP contribution >= 0.6 is 23.2 Å². The number of hydrogen-bond donors (Lipinski definition) is 2. The Labute approximate surface area is 114 Å². The molecule has 4 heteroatoms. The highest BCUT2D eigenvalue weighted by molar-refractivity contribution is 6.42. The fourth-order valence-electron chi connectivity index (χ4n) is 1.59. The van der Waals surface area contributed by atoms with Crippen molar-refractivity contribution >= 4 is 23.2 Å². The normalized spacial score (nSPS) is 12.7. The molecule has 17 heavy (non-hydrogen) atoms. The fourth-order valence-corrected chi connectivity index (χ4v) is 1.91. The summed E-state index contributed by atoms with van der Waals surface area (Å²) in [6.45, 7) is 7.25. The van der Waals surface area contributed by atoms with E-state index < -0.39 is 0 Å². The molecular formula is C13H20Cl2N2. The summed E-state index contributed by atoms with van der Waals surface area (Å²) in [6, 6.07) is 6.28. The minimum atomic E-state index is 0.484. The van der Waals surface area contributed by atoms with Crippen LogP contribution in [0.1, 0.15) is 19.4 Å². The van der Waals surface area contributed by atoms with Crippen molar-refractivity contribution in [3.8, 4) is 0 Å². The lowest BCUT2D eigenvalue weighted by Crippen LogP contribution is -2.37. The molecule has 2 N–H and O–H groups in total. The van der Waals surface area contributed by atoms with Crippen LogP contribution in [0.15, 0.2) is 18.2 Å². The van der Waals surface area contributed by atoms with E-state index in [0.717, 1.165) is 26.1 Å². The van der Waals surface area contributed by atoms with E-state index in [-0.39, 0.29) is 0 Å². The summed E-state index contributed by atoms with van der Waals surface area (Å²) in [5, 5.41) is 8.02. The molecule has 0 aliphatic rings. The summed E-state index contributed by atoms with van der Waals surface area (Å²) < 4.78 is 0. The van der Waals surface area contributed by atoms with Crippen molar-refractivity contribution < 1.29 is 0 Å². The van der Waals surface area contributed by atoms with Crippen molar-refractivity contribution in [3.05, 3.63) is 33.8 Å². The van der Waals surface area contributed by atoms with E-state index in [1.54, 1.807) is 0 Å². The van der Waals surface area contributed by atoms with E-state index in [0.29, 0.717) is 16.1 Å². The lowest BCUT2D eigenvalue weighted by Gasteiger charge is -2.14. The van der Waals surface area contributed by atoms with Gasteiger partial charge in [0.05, 0.1) is 10.0 Å². The first-order valence-corrected chi connectivity index (χ1v) is 6.77. The van der Waals surface area contributed by atoms with Gasteiger partial charge in [-0.1, -0.05) is 36.2 Å². The van der Waals surface area contributed by atoms with E-state index in [9.17, 15) is 0 Å². The van der Waals surface area contributed by atoms with Crippen molar-refractivity contribution in [1.29, 1.82) is 0 Å². The Bertz CT molecular complexity index is 342. The lowest BCUT2D eigenvalue weighted by molar-refractivity contribution is 0.512. The third kappa shape index (κ3) is 5.73. The van der Waals surface area contributed by atoms with Gasteiger partial charge in [0.25, 0.3) is 0 Å². The zero-order valence-corrected chi connectivity index (χ0v) is 11.9. The SMILES string of the molecule is CCNCC(C)NCCc1ccc(Cl)c(Cl)c1. The third-order valence-corrected chi connectivity index (χ3v) is 3.33. The predicted octanol–water partition coefficient (Wildman–Crippen LogP) is 3.12. The maximum Gasteiger partial charge on any atom is 0.0595 e. The van der Waals surface area contributed by atoms with Crippen molar-refractivity contribution in [2.75, 3.05) is 19.6 Å². The molecule has 0 saturated carbocycles. The maximum atomic E-state index is 5.96. The molecule has 0 heterocycles. The van der Waals surface area contributed by atoms with Crippen LogP contribution in [0.3, 0.4) is 0 Å². The summed E-state index contributed by atoms with van der Waals surface area (Å²) in [7, 11) is 0. The van der Waals surface area contributed by atoms with Crippen LogP contribution in [-0.2, 0) is 6.42 Å². The average molecular weight is 275 g/mol. The second-order valence-corrected chi connectivity index (χ2v) is 4.98. The monoisotopic (exact) mass is 274 g/mol. The van der Waals surface area contributed by atoms with Gasteiger partial charge in [0.1, 0.15) is 0 Å². The lowest BCUT2D eigenvalue weighted by atomic mass is 10.1. The Morgan fingerprint density at radius 1 is 1.24 bits per heavy atom. The minimum Gasteiger partial charge on any atom is -0.315 e. The quantitative estimate of drug-likeness (QED) is 0.799. The number of nitrogens with one attached hydrogen (secondary N) is 2. The van der Waals surface area contributed by atoms with Crippen LogP contribution in [0, 0.1) is 0 Å². The summed E-state index contributed by atoms with van der Waals surface area (Å²) in [6.07, 6.45) is 0.966. The number of rotatable bonds is 7. The van der Waals surface area contributed by atoms with Crippen molar-refractivity contribution in [1.82, 2.24) is 10.6 Å². The van der Waals surface area contributed by atoms with Crippen LogP contribution in [0.2, 0.25) is 10.0 Å². The van der Waals surface area contributed by atoms with Gasteiger partial charge in [-0.3, -0.25) is 0 Å². The maximum absolute atomic E-state index is 5.96. The summed E-state index contributed by atoms with van der Waals surface area (Å²) in [5.41, 5.74) is 1.21. The second kappa shape index (κ2) is 7.93. The molecule has 0 aliphatic carbocycles. The molecule has 1 aromatic rings. The highest BCUT2D eigenvalue weighted by atomic mass is 35.5. The Kier molecular flexibility index (Phi) is 6.90. The largest absolute Gasteiger partial charge is 0.315 e. The van der Waals surface area contributed by atoms with Crippen LogP contribution in [-0.4, -0.2) is 25.7 Å². The first-order chi connectivity index (χ1) is 8.13. The summed E-state index contributed by atoms with van der Waals surface area (Å²) >= 11 is 11.8. The van der Waals surface area contributed by atoms with Gasteiger partial charge in [0.2, 0.25) is 0 Å². The molecule has 0 aliphatic heterocycles. The van der Waals surface area contributed by atoms with Gasteiger partial charge in [0.15, 0.2) is 0 Å². The predicted molar refractivity (Wildman–Crippen MR) is 76.2 cm³/mol. The number of benzene rings is 1. The topological polar surface area (TPSA) is 24.1 Å². The van der Waals surface area contributed by atoms with Crippen molar-refractivity contribution in [3.63, 3.8) is 0 Å². The van der Waals surface area contributed by atoms with E-state index in [1.165, 1.54) is 5.56 Å². The highest BCUT2D eigenvalue weighted by Crippen LogP contribution is 2.22. The van der Waals surface area contributed by atoms with Crippen LogP contribution < -0.4 is 10.6 Å². The van der Waals surface area contributed by atoms with Gasteiger partial charge < -0.3 is 10.6 Å². The van der Waals surface area contributed by atoms with Gasteiger partial charge in [0, 0.05) is 12.6 Å². The van der Waals surface area contributed by atoms with Gasteiger partial charge in [-0.25, -0.2) is 0 Å². The van der Waals surface area contributed by atoms with E-state index in [4.69, 9.17) is 23.2 Å². The molecule has 1 atom stereocenters.